The largest absolute Gasteiger partial charge is 0.496 e. The topological polar surface area (TPSA) is 39.2 Å². The van der Waals surface area contributed by atoms with Gasteiger partial charge in [0.2, 0.25) is 0 Å². The van der Waals surface area contributed by atoms with Gasteiger partial charge < -0.3 is 4.74 Å². The molecule has 0 saturated heterocycles. The predicted octanol–water partition coefficient (Wildman–Crippen LogP) is 1.21. The maximum atomic E-state index is 10.4. The van der Waals surface area contributed by atoms with Crippen LogP contribution in [-0.2, 0) is 0 Å². The molecule has 0 saturated carbocycles. The van der Waals surface area contributed by atoms with Crippen molar-refractivity contribution in [1.29, 1.82) is 0 Å². The highest BCUT2D eigenvalue weighted by Gasteiger charge is 2.03. The predicted molar refractivity (Wildman–Crippen MR) is 40.9 cm³/mol. The fraction of sp³-hybridized carbons (Fsp3) is 0.250. The molecule has 0 atom stereocenters. The molecule has 0 aliphatic carbocycles. The van der Waals surface area contributed by atoms with Crippen LogP contribution in [0.5, 0.6) is 5.75 Å². The van der Waals surface area contributed by atoms with E-state index >= 15 is 0 Å². The van der Waals surface area contributed by atoms with Gasteiger partial charge in [-0.15, -0.1) is 0 Å². The maximum absolute atomic E-state index is 10.4. The Bertz CT molecular complexity index is 271. The minimum atomic E-state index is 0.493. The van der Waals surface area contributed by atoms with Crippen molar-refractivity contribution < 1.29 is 9.53 Å². The van der Waals surface area contributed by atoms with Crippen LogP contribution in [0.15, 0.2) is 12.4 Å². The Hall–Kier alpha value is -1.38. The molecule has 11 heavy (non-hydrogen) atoms. The molecule has 0 aliphatic rings. The molecule has 1 aromatic rings. The highest BCUT2D eigenvalue weighted by molar-refractivity contribution is 5.79. The van der Waals surface area contributed by atoms with Gasteiger partial charge in [0.1, 0.15) is 5.75 Å². The molecule has 0 spiro atoms. The highest BCUT2D eigenvalue weighted by atomic mass is 16.5. The van der Waals surface area contributed by atoms with Crippen molar-refractivity contribution in [3.63, 3.8) is 0 Å². The average Bonchev–Trinajstić information content (AvgIpc) is 2.04. The van der Waals surface area contributed by atoms with Crippen LogP contribution in [0.1, 0.15) is 15.9 Å². The Morgan fingerprint density at radius 3 is 2.73 bits per heavy atom. The summed E-state index contributed by atoms with van der Waals surface area (Å²) in [6.07, 6.45) is 3.88. The number of methoxy groups -OCH3 is 1. The first-order valence-electron chi connectivity index (χ1n) is 3.23. The molecular weight excluding hydrogens is 142 g/mol. The van der Waals surface area contributed by atoms with Crippen LogP contribution in [0, 0.1) is 6.92 Å². The Morgan fingerprint density at radius 2 is 2.27 bits per heavy atom. The number of ether oxygens (including phenoxy) is 1. The molecule has 0 aliphatic heterocycles. The number of carbonyl (C=O) groups is 1. The fourth-order valence-corrected chi connectivity index (χ4v) is 0.937. The van der Waals surface area contributed by atoms with Gasteiger partial charge in [-0.25, -0.2) is 0 Å². The lowest BCUT2D eigenvalue weighted by molar-refractivity contribution is 0.112. The smallest absolute Gasteiger partial charge is 0.155 e. The molecule has 0 N–H and O–H groups in total. The van der Waals surface area contributed by atoms with Gasteiger partial charge >= 0.3 is 0 Å². The highest BCUT2D eigenvalue weighted by Crippen LogP contribution is 2.19. The molecule has 0 aromatic carbocycles. The average molecular weight is 151 g/mol. The zero-order valence-corrected chi connectivity index (χ0v) is 6.50. The normalized spacial score (nSPS) is 9.27. The van der Waals surface area contributed by atoms with E-state index in [1.165, 1.54) is 13.3 Å². The Kier molecular flexibility index (Phi) is 2.21. The molecule has 58 valence electrons. The van der Waals surface area contributed by atoms with Crippen molar-refractivity contribution in [1.82, 2.24) is 4.98 Å². The summed E-state index contributed by atoms with van der Waals surface area (Å²) in [6.45, 7) is 1.85. The molecule has 0 radical (unpaired) electrons. The number of nitrogens with zero attached hydrogens (tertiary/aromatic N) is 1. The summed E-state index contributed by atoms with van der Waals surface area (Å²) in [4.78, 5) is 14.3. The van der Waals surface area contributed by atoms with Crippen LogP contribution in [0.3, 0.4) is 0 Å². The van der Waals surface area contributed by atoms with Gasteiger partial charge in [0.05, 0.1) is 12.7 Å². The number of hydrogen-bond acceptors (Lipinski definition) is 3. The third-order valence-corrected chi connectivity index (χ3v) is 1.43. The Labute approximate surface area is 65.0 Å². The Morgan fingerprint density at radius 1 is 1.55 bits per heavy atom. The van der Waals surface area contributed by atoms with Gasteiger partial charge in [-0.3, -0.25) is 9.78 Å². The van der Waals surface area contributed by atoms with Crippen LogP contribution in [-0.4, -0.2) is 18.4 Å². The van der Waals surface area contributed by atoms with Gasteiger partial charge in [0.25, 0.3) is 0 Å². The SMILES string of the molecule is COc1c(C)cncc1C=O. The summed E-state index contributed by atoms with van der Waals surface area (Å²) in [6, 6.07) is 0. The van der Waals surface area contributed by atoms with Crippen LogP contribution in [0.25, 0.3) is 0 Å². The number of rotatable bonds is 2. The van der Waals surface area contributed by atoms with Crippen LogP contribution >= 0.6 is 0 Å². The van der Waals surface area contributed by atoms with E-state index in [-0.39, 0.29) is 0 Å². The zero-order chi connectivity index (χ0) is 8.27. The summed E-state index contributed by atoms with van der Waals surface area (Å²) in [5.74, 6) is 0.606. The number of aryl methyl sites for hydroxylation is 1. The minimum Gasteiger partial charge on any atom is -0.496 e. The van der Waals surface area contributed by atoms with Gasteiger partial charge in [0.15, 0.2) is 6.29 Å². The fourth-order valence-electron chi connectivity index (χ4n) is 0.937. The Balaban J connectivity index is 3.23. The zero-order valence-electron chi connectivity index (χ0n) is 6.50. The van der Waals surface area contributed by atoms with Crippen LogP contribution in [0.2, 0.25) is 0 Å². The van der Waals surface area contributed by atoms with E-state index in [0.29, 0.717) is 11.3 Å². The third-order valence-electron chi connectivity index (χ3n) is 1.43. The second-order valence-corrected chi connectivity index (χ2v) is 2.20. The van der Waals surface area contributed by atoms with Gasteiger partial charge in [-0.2, -0.15) is 0 Å². The standard InChI is InChI=1S/C8H9NO2/c1-6-3-9-4-7(5-10)8(6)11-2/h3-5H,1-2H3. The maximum Gasteiger partial charge on any atom is 0.155 e. The van der Waals surface area contributed by atoms with Crippen molar-refractivity contribution in [3.05, 3.63) is 23.5 Å². The number of pyridine rings is 1. The van der Waals surface area contributed by atoms with Crippen LogP contribution < -0.4 is 4.74 Å². The van der Waals surface area contributed by atoms with Crippen molar-refractivity contribution >= 4 is 6.29 Å². The molecule has 0 bridgehead atoms. The van der Waals surface area contributed by atoms with E-state index in [0.717, 1.165) is 11.8 Å². The summed E-state index contributed by atoms with van der Waals surface area (Å²) >= 11 is 0. The number of aldehydes is 1. The molecule has 1 aromatic heterocycles. The first-order valence-corrected chi connectivity index (χ1v) is 3.23. The van der Waals surface area contributed by atoms with Crippen molar-refractivity contribution in [2.24, 2.45) is 0 Å². The summed E-state index contributed by atoms with van der Waals surface area (Å²) in [7, 11) is 1.54. The van der Waals surface area contributed by atoms with E-state index in [1.807, 2.05) is 6.92 Å². The van der Waals surface area contributed by atoms with Crippen molar-refractivity contribution in [2.75, 3.05) is 7.11 Å². The lowest BCUT2D eigenvalue weighted by Crippen LogP contribution is -1.94. The molecular formula is C8H9NO2. The lowest BCUT2D eigenvalue weighted by atomic mass is 10.2. The van der Waals surface area contributed by atoms with Gasteiger partial charge in [-0.1, -0.05) is 0 Å². The first kappa shape index (κ1) is 7.72. The van der Waals surface area contributed by atoms with Gasteiger partial charge in [0, 0.05) is 18.0 Å². The summed E-state index contributed by atoms with van der Waals surface area (Å²) < 4.78 is 5.00. The number of aromatic nitrogens is 1. The lowest BCUT2D eigenvalue weighted by Gasteiger charge is -2.04. The van der Waals surface area contributed by atoms with E-state index < -0.39 is 0 Å². The molecule has 3 heteroatoms. The van der Waals surface area contributed by atoms with E-state index in [9.17, 15) is 4.79 Å². The van der Waals surface area contributed by atoms with E-state index in [2.05, 4.69) is 4.98 Å². The van der Waals surface area contributed by atoms with Crippen molar-refractivity contribution in [3.8, 4) is 5.75 Å². The van der Waals surface area contributed by atoms with E-state index in [1.54, 1.807) is 6.20 Å². The number of carbonyl (C=O) groups excluding carboxylic acids is 1. The summed E-state index contributed by atoms with van der Waals surface area (Å²) in [5, 5.41) is 0. The monoisotopic (exact) mass is 151 g/mol. The molecule has 0 amide bonds. The van der Waals surface area contributed by atoms with E-state index in [4.69, 9.17) is 4.74 Å². The van der Waals surface area contributed by atoms with Crippen LogP contribution in [0.4, 0.5) is 0 Å². The first-order chi connectivity index (χ1) is 5.29. The molecule has 0 unspecified atom stereocenters. The van der Waals surface area contributed by atoms with Crippen molar-refractivity contribution in [2.45, 2.75) is 6.92 Å². The minimum absolute atomic E-state index is 0.493. The second kappa shape index (κ2) is 3.14. The summed E-state index contributed by atoms with van der Waals surface area (Å²) in [5.41, 5.74) is 1.37. The third kappa shape index (κ3) is 1.37. The molecule has 3 nitrogen and oxygen atoms in total. The second-order valence-electron chi connectivity index (χ2n) is 2.20. The molecule has 1 rings (SSSR count). The molecule has 0 fully saturated rings. The number of hydrogen-bond donors (Lipinski definition) is 0. The molecule has 1 heterocycles. The van der Waals surface area contributed by atoms with Gasteiger partial charge in [-0.05, 0) is 6.92 Å². The quantitative estimate of drug-likeness (QED) is 0.596.